The number of nitrogens with one attached hydrogen (secondary N) is 1. The molecule has 2 aromatic rings. The lowest BCUT2D eigenvalue weighted by molar-refractivity contribution is -0.136. The number of nitrogens with zero attached hydrogens (tertiary/aromatic N) is 1. The molecule has 0 spiro atoms. The van der Waals surface area contributed by atoms with Crippen molar-refractivity contribution in [2.75, 3.05) is 19.6 Å². The predicted octanol–water partition coefficient (Wildman–Crippen LogP) is 2.13. The highest BCUT2D eigenvalue weighted by Gasteiger charge is 2.33. The van der Waals surface area contributed by atoms with Gasteiger partial charge in [-0.15, -0.1) is 0 Å². The summed E-state index contributed by atoms with van der Waals surface area (Å²) in [5.74, 6) is -0.805. The van der Waals surface area contributed by atoms with Gasteiger partial charge in [0.05, 0.1) is 12.6 Å². The molecule has 0 amide bonds. The zero-order valence-corrected chi connectivity index (χ0v) is 12.4. The van der Waals surface area contributed by atoms with E-state index in [1.807, 2.05) is 12.1 Å². The lowest BCUT2D eigenvalue weighted by Gasteiger charge is -2.45. The molecule has 4 heteroatoms. The quantitative estimate of drug-likeness (QED) is 0.857. The van der Waals surface area contributed by atoms with Crippen molar-refractivity contribution in [3.63, 3.8) is 0 Å². The number of aliphatic carboxylic acids is 1. The fourth-order valence-electron chi connectivity index (χ4n) is 2.97. The third-order valence-electron chi connectivity index (χ3n) is 4.05. The molecule has 114 valence electrons. The van der Waals surface area contributed by atoms with Crippen molar-refractivity contribution in [3.05, 3.63) is 71.8 Å². The molecule has 2 aromatic carbocycles. The van der Waals surface area contributed by atoms with Gasteiger partial charge >= 0.3 is 5.97 Å². The minimum atomic E-state index is -0.805. The molecule has 0 saturated carbocycles. The summed E-state index contributed by atoms with van der Waals surface area (Å²) in [7, 11) is 0. The van der Waals surface area contributed by atoms with Crippen LogP contribution in [-0.4, -0.2) is 41.7 Å². The van der Waals surface area contributed by atoms with E-state index in [9.17, 15) is 4.79 Å². The van der Waals surface area contributed by atoms with Crippen molar-refractivity contribution < 1.29 is 9.90 Å². The van der Waals surface area contributed by atoms with Gasteiger partial charge in [-0.3, -0.25) is 9.69 Å². The molecule has 1 saturated heterocycles. The first-order chi connectivity index (χ1) is 10.7. The van der Waals surface area contributed by atoms with Gasteiger partial charge in [0.25, 0.3) is 0 Å². The van der Waals surface area contributed by atoms with E-state index in [2.05, 4.69) is 58.7 Å². The lowest BCUT2D eigenvalue weighted by Crippen LogP contribution is -2.59. The highest BCUT2D eigenvalue weighted by atomic mass is 16.4. The Bertz CT molecular complexity index is 570. The molecule has 1 heterocycles. The van der Waals surface area contributed by atoms with Gasteiger partial charge in [0.1, 0.15) is 0 Å². The summed E-state index contributed by atoms with van der Waals surface area (Å²) in [4.78, 5) is 13.0. The van der Waals surface area contributed by atoms with Crippen LogP contribution in [0.2, 0.25) is 0 Å². The minimum Gasteiger partial charge on any atom is -0.480 e. The number of carboxylic acids is 1. The molecule has 0 aromatic heterocycles. The highest BCUT2D eigenvalue weighted by Crippen LogP contribution is 2.31. The van der Waals surface area contributed by atoms with Crippen LogP contribution in [-0.2, 0) is 4.79 Å². The second-order valence-electron chi connectivity index (χ2n) is 5.65. The fraction of sp³-hybridized carbons (Fsp3) is 0.278. The maximum atomic E-state index is 10.6. The maximum Gasteiger partial charge on any atom is 0.317 e. The zero-order chi connectivity index (χ0) is 15.4. The van der Waals surface area contributed by atoms with Gasteiger partial charge < -0.3 is 10.4 Å². The summed E-state index contributed by atoms with van der Waals surface area (Å²) in [6.45, 7) is 1.75. The number of rotatable bonds is 6. The first-order valence-corrected chi connectivity index (χ1v) is 7.53. The molecular weight excluding hydrogens is 276 g/mol. The van der Waals surface area contributed by atoms with Crippen LogP contribution in [0, 0.1) is 0 Å². The number of likely N-dealkylation sites (tertiary alicyclic amines) is 1. The largest absolute Gasteiger partial charge is 0.480 e. The predicted molar refractivity (Wildman–Crippen MR) is 85.7 cm³/mol. The summed E-state index contributed by atoms with van der Waals surface area (Å²) < 4.78 is 0. The Kier molecular flexibility index (Phi) is 4.51. The van der Waals surface area contributed by atoms with Crippen molar-refractivity contribution in [1.82, 2.24) is 10.2 Å². The normalized spacial score (nSPS) is 15.7. The monoisotopic (exact) mass is 296 g/mol. The van der Waals surface area contributed by atoms with Gasteiger partial charge in [-0.2, -0.15) is 0 Å². The van der Waals surface area contributed by atoms with E-state index in [-0.39, 0.29) is 18.6 Å². The van der Waals surface area contributed by atoms with Crippen molar-refractivity contribution >= 4 is 5.97 Å². The molecular formula is C18H20N2O2. The first kappa shape index (κ1) is 14.8. The van der Waals surface area contributed by atoms with Gasteiger partial charge in [-0.1, -0.05) is 60.7 Å². The molecule has 1 aliphatic rings. The van der Waals surface area contributed by atoms with E-state index in [0.717, 1.165) is 13.1 Å². The molecule has 4 nitrogen and oxygen atoms in total. The maximum absolute atomic E-state index is 10.6. The minimum absolute atomic E-state index is 0.0276. The second kappa shape index (κ2) is 6.73. The average Bonchev–Trinajstić information content (AvgIpc) is 2.51. The Morgan fingerprint density at radius 1 is 1.05 bits per heavy atom. The molecule has 3 rings (SSSR count). The molecule has 1 fully saturated rings. The van der Waals surface area contributed by atoms with Crippen LogP contribution in [0.3, 0.4) is 0 Å². The van der Waals surface area contributed by atoms with Crippen LogP contribution in [0.1, 0.15) is 17.2 Å². The molecule has 0 aliphatic carbocycles. The summed E-state index contributed by atoms with van der Waals surface area (Å²) >= 11 is 0. The van der Waals surface area contributed by atoms with Crippen LogP contribution in [0.25, 0.3) is 0 Å². The van der Waals surface area contributed by atoms with E-state index < -0.39 is 5.97 Å². The number of hydrogen-bond donors (Lipinski definition) is 2. The molecule has 0 unspecified atom stereocenters. The van der Waals surface area contributed by atoms with Crippen molar-refractivity contribution in [2.45, 2.75) is 12.1 Å². The van der Waals surface area contributed by atoms with Crippen molar-refractivity contribution in [3.8, 4) is 0 Å². The van der Waals surface area contributed by atoms with E-state index in [0.29, 0.717) is 0 Å². The average molecular weight is 296 g/mol. The summed E-state index contributed by atoms with van der Waals surface area (Å²) in [6.07, 6.45) is 0. The summed E-state index contributed by atoms with van der Waals surface area (Å²) in [5.41, 5.74) is 2.54. The van der Waals surface area contributed by atoms with E-state index in [1.165, 1.54) is 11.1 Å². The SMILES string of the molecule is O=C(O)CNC1CN(C(c2ccccc2)c2ccccc2)C1. The highest BCUT2D eigenvalue weighted by molar-refractivity contribution is 5.69. The van der Waals surface area contributed by atoms with Gasteiger partial charge in [0.15, 0.2) is 0 Å². The zero-order valence-electron chi connectivity index (χ0n) is 12.4. The third-order valence-corrected chi connectivity index (χ3v) is 4.05. The second-order valence-corrected chi connectivity index (χ2v) is 5.65. The van der Waals surface area contributed by atoms with Crippen LogP contribution in [0.5, 0.6) is 0 Å². The van der Waals surface area contributed by atoms with Gasteiger partial charge in [-0.25, -0.2) is 0 Å². The molecule has 2 N–H and O–H groups in total. The van der Waals surface area contributed by atoms with E-state index >= 15 is 0 Å². The van der Waals surface area contributed by atoms with Gasteiger partial charge in [-0.05, 0) is 11.1 Å². The van der Waals surface area contributed by atoms with Crippen LogP contribution < -0.4 is 5.32 Å². The topological polar surface area (TPSA) is 52.6 Å². The Labute approximate surface area is 130 Å². The van der Waals surface area contributed by atoms with Gasteiger partial charge in [0.2, 0.25) is 0 Å². The van der Waals surface area contributed by atoms with Crippen LogP contribution in [0.15, 0.2) is 60.7 Å². The first-order valence-electron chi connectivity index (χ1n) is 7.53. The molecule has 0 bridgehead atoms. The smallest absolute Gasteiger partial charge is 0.317 e. The van der Waals surface area contributed by atoms with Crippen molar-refractivity contribution in [1.29, 1.82) is 0 Å². The number of carbonyl (C=O) groups is 1. The van der Waals surface area contributed by atoms with E-state index in [1.54, 1.807) is 0 Å². The molecule has 1 aliphatic heterocycles. The van der Waals surface area contributed by atoms with E-state index in [4.69, 9.17) is 5.11 Å². The Balaban J connectivity index is 1.73. The Morgan fingerprint density at radius 2 is 1.55 bits per heavy atom. The fourth-order valence-corrected chi connectivity index (χ4v) is 2.97. The van der Waals surface area contributed by atoms with Crippen LogP contribution >= 0.6 is 0 Å². The lowest BCUT2D eigenvalue weighted by atomic mass is 9.93. The number of hydrogen-bond acceptors (Lipinski definition) is 3. The summed E-state index contributed by atoms with van der Waals surface area (Å²) in [5, 5.41) is 11.8. The van der Waals surface area contributed by atoms with Gasteiger partial charge in [0, 0.05) is 19.1 Å². The third kappa shape index (κ3) is 3.35. The van der Waals surface area contributed by atoms with Crippen molar-refractivity contribution in [2.24, 2.45) is 0 Å². The standard InChI is InChI=1S/C18H20N2O2/c21-17(22)11-19-16-12-20(13-16)18(14-7-3-1-4-8-14)15-9-5-2-6-10-15/h1-10,16,18-19H,11-13H2,(H,21,22). The Morgan fingerprint density at radius 3 is 2.00 bits per heavy atom. The number of carboxylic acid groups (broad SMARTS) is 1. The van der Waals surface area contributed by atoms with Crippen LogP contribution in [0.4, 0.5) is 0 Å². The molecule has 0 radical (unpaired) electrons. The molecule has 22 heavy (non-hydrogen) atoms. The Hall–Kier alpha value is -2.17. The molecule has 0 atom stereocenters. The number of benzene rings is 2. The summed E-state index contributed by atoms with van der Waals surface area (Å²) in [6, 6.07) is 21.4.